The number of carbonyl (C=O) groups is 1. The van der Waals surface area contributed by atoms with Gasteiger partial charge in [0.2, 0.25) is 0 Å². The van der Waals surface area contributed by atoms with E-state index < -0.39 is 5.97 Å². The lowest BCUT2D eigenvalue weighted by Gasteiger charge is -2.06. The summed E-state index contributed by atoms with van der Waals surface area (Å²) >= 11 is 5.77. The van der Waals surface area contributed by atoms with Gasteiger partial charge in [0, 0.05) is 5.02 Å². The van der Waals surface area contributed by atoms with Crippen LogP contribution in [0.3, 0.4) is 0 Å². The minimum absolute atomic E-state index is 0.0115. The SMILES string of the molecule is COC(=O)Cc1cc(Cl)cc(C#N)c1N. The van der Waals surface area contributed by atoms with Gasteiger partial charge < -0.3 is 10.5 Å². The van der Waals surface area contributed by atoms with Crippen molar-refractivity contribution in [2.45, 2.75) is 6.42 Å². The van der Waals surface area contributed by atoms with E-state index in [1.165, 1.54) is 13.2 Å². The highest BCUT2D eigenvalue weighted by Gasteiger charge is 2.11. The second kappa shape index (κ2) is 4.67. The molecule has 0 saturated carbocycles. The summed E-state index contributed by atoms with van der Waals surface area (Å²) in [6.45, 7) is 0. The van der Waals surface area contributed by atoms with Crippen molar-refractivity contribution in [1.29, 1.82) is 5.26 Å². The fourth-order valence-corrected chi connectivity index (χ4v) is 1.38. The van der Waals surface area contributed by atoms with Crippen LogP contribution in [0.25, 0.3) is 0 Å². The van der Waals surface area contributed by atoms with Gasteiger partial charge in [-0.15, -0.1) is 0 Å². The van der Waals surface area contributed by atoms with E-state index >= 15 is 0 Å². The highest BCUT2D eigenvalue weighted by molar-refractivity contribution is 6.30. The highest BCUT2D eigenvalue weighted by Crippen LogP contribution is 2.23. The summed E-state index contributed by atoms with van der Waals surface area (Å²) < 4.78 is 4.50. The van der Waals surface area contributed by atoms with Crippen molar-refractivity contribution in [3.05, 3.63) is 28.3 Å². The van der Waals surface area contributed by atoms with Crippen LogP contribution in [0.5, 0.6) is 0 Å². The Hall–Kier alpha value is -1.73. The van der Waals surface area contributed by atoms with Crippen molar-refractivity contribution in [2.75, 3.05) is 12.8 Å². The number of esters is 1. The average Bonchev–Trinajstić information content (AvgIpc) is 2.22. The monoisotopic (exact) mass is 224 g/mol. The zero-order valence-corrected chi connectivity index (χ0v) is 8.84. The van der Waals surface area contributed by atoms with Crippen LogP contribution < -0.4 is 5.73 Å². The van der Waals surface area contributed by atoms with Crippen molar-refractivity contribution < 1.29 is 9.53 Å². The van der Waals surface area contributed by atoms with Gasteiger partial charge in [0.1, 0.15) is 6.07 Å². The molecule has 0 aliphatic rings. The third-order valence-corrected chi connectivity index (χ3v) is 2.13. The Morgan fingerprint density at radius 3 is 2.87 bits per heavy atom. The minimum atomic E-state index is -0.423. The number of halogens is 1. The van der Waals surface area contributed by atoms with Crippen molar-refractivity contribution in [3.8, 4) is 6.07 Å². The lowest BCUT2D eigenvalue weighted by molar-refractivity contribution is -0.139. The average molecular weight is 225 g/mol. The summed E-state index contributed by atoms with van der Waals surface area (Å²) in [7, 11) is 1.29. The number of nitrogens with two attached hydrogens (primary N) is 1. The maximum atomic E-state index is 11.0. The van der Waals surface area contributed by atoms with Crippen LogP contribution in [-0.2, 0) is 16.0 Å². The van der Waals surface area contributed by atoms with Gasteiger partial charge in [-0.1, -0.05) is 11.6 Å². The molecule has 0 aliphatic heterocycles. The zero-order chi connectivity index (χ0) is 11.4. The number of rotatable bonds is 2. The Morgan fingerprint density at radius 1 is 1.67 bits per heavy atom. The third-order valence-electron chi connectivity index (χ3n) is 1.91. The third kappa shape index (κ3) is 2.61. The summed E-state index contributed by atoms with van der Waals surface area (Å²) in [5, 5.41) is 9.13. The molecule has 2 N–H and O–H groups in total. The zero-order valence-electron chi connectivity index (χ0n) is 8.08. The smallest absolute Gasteiger partial charge is 0.310 e. The molecule has 78 valence electrons. The lowest BCUT2D eigenvalue weighted by atomic mass is 10.1. The fraction of sp³-hybridized carbons (Fsp3) is 0.200. The van der Waals surface area contributed by atoms with E-state index in [1.54, 1.807) is 6.07 Å². The summed E-state index contributed by atoms with van der Waals surface area (Å²) in [6, 6.07) is 4.91. The quantitative estimate of drug-likeness (QED) is 0.610. The molecule has 0 amide bonds. The number of hydrogen-bond acceptors (Lipinski definition) is 4. The van der Waals surface area contributed by atoms with E-state index in [1.807, 2.05) is 6.07 Å². The van der Waals surface area contributed by atoms with Crippen LogP contribution in [0.15, 0.2) is 12.1 Å². The fourth-order valence-electron chi connectivity index (χ4n) is 1.14. The van der Waals surface area contributed by atoms with Gasteiger partial charge in [-0.2, -0.15) is 5.26 Å². The van der Waals surface area contributed by atoms with E-state index in [9.17, 15) is 4.79 Å². The molecule has 0 radical (unpaired) electrons. The van der Waals surface area contributed by atoms with Gasteiger partial charge in [0.25, 0.3) is 0 Å². The highest BCUT2D eigenvalue weighted by atomic mass is 35.5. The van der Waals surface area contributed by atoms with Gasteiger partial charge >= 0.3 is 5.97 Å². The number of nitriles is 1. The molecule has 1 aromatic carbocycles. The maximum absolute atomic E-state index is 11.0. The van der Waals surface area contributed by atoms with Crippen molar-refractivity contribution in [3.63, 3.8) is 0 Å². The van der Waals surface area contributed by atoms with E-state index in [4.69, 9.17) is 22.6 Å². The molecular weight excluding hydrogens is 216 g/mol. The number of benzene rings is 1. The molecule has 0 spiro atoms. The molecule has 0 atom stereocenters. The Kier molecular flexibility index (Phi) is 3.53. The standard InChI is InChI=1S/C10H9ClN2O2/c1-15-9(14)4-6-2-8(11)3-7(5-12)10(6)13/h2-3H,4,13H2,1H3. The first-order valence-electron chi connectivity index (χ1n) is 4.13. The number of methoxy groups -OCH3 is 1. The summed E-state index contributed by atoms with van der Waals surface area (Å²) in [6.07, 6.45) is 0.0115. The second-order valence-electron chi connectivity index (χ2n) is 2.89. The Bertz CT molecular complexity index is 438. The van der Waals surface area contributed by atoms with Crippen molar-refractivity contribution in [1.82, 2.24) is 0 Å². The number of ether oxygens (including phenoxy) is 1. The Balaban J connectivity index is 3.13. The predicted octanol–water partition coefficient (Wildman–Crippen LogP) is 1.51. The molecule has 1 rings (SSSR count). The van der Waals surface area contributed by atoms with Crippen LogP contribution in [0.4, 0.5) is 5.69 Å². The number of carbonyl (C=O) groups excluding carboxylic acids is 1. The summed E-state index contributed by atoms with van der Waals surface area (Å²) in [4.78, 5) is 11.0. The topological polar surface area (TPSA) is 76.1 Å². The molecule has 4 nitrogen and oxygen atoms in total. The Morgan fingerprint density at radius 2 is 2.33 bits per heavy atom. The largest absolute Gasteiger partial charge is 0.469 e. The van der Waals surface area contributed by atoms with Gasteiger partial charge in [-0.3, -0.25) is 4.79 Å². The number of nitrogen functional groups attached to an aromatic ring is 1. The van der Waals surface area contributed by atoms with Crippen molar-refractivity contribution in [2.24, 2.45) is 0 Å². The van der Waals surface area contributed by atoms with Crippen molar-refractivity contribution >= 4 is 23.3 Å². The first kappa shape index (κ1) is 11.3. The Labute approximate surface area is 92.2 Å². The molecule has 1 aromatic rings. The molecule has 15 heavy (non-hydrogen) atoms. The molecule has 0 saturated heterocycles. The van der Waals surface area contributed by atoms with E-state index in [2.05, 4.69) is 4.74 Å². The van der Waals surface area contributed by atoms with Crippen LogP contribution in [-0.4, -0.2) is 13.1 Å². The first-order valence-corrected chi connectivity index (χ1v) is 4.51. The summed E-state index contributed by atoms with van der Waals surface area (Å²) in [5.41, 5.74) is 6.72. The number of nitrogens with zero attached hydrogens (tertiary/aromatic N) is 1. The van der Waals surface area contributed by atoms with Crippen LogP contribution in [0.2, 0.25) is 5.02 Å². The first-order chi connectivity index (χ1) is 7.08. The molecule has 0 aromatic heterocycles. The molecule has 5 heteroatoms. The lowest BCUT2D eigenvalue weighted by Crippen LogP contribution is -2.07. The van der Waals surface area contributed by atoms with Gasteiger partial charge in [-0.05, 0) is 17.7 Å². The molecule has 0 bridgehead atoms. The molecule has 0 heterocycles. The van der Waals surface area contributed by atoms with Crippen LogP contribution in [0.1, 0.15) is 11.1 Å². The molecule has 0 aliphatic carbocycles. The normalized spacial score (nSPS) is 9.40. The maximum Gasteiger partial charge on any atom is 0.310 e. The van der Waals surface area contributed by atoms with E-state index in [0.29, 0.717) is 10.6 Å². The van der Waals surface area contributed by atoms with E-state index in [0.717, 1.165) is 0 Å². The van der Waals surface area contributed by atoms with E-state index in [-0.39, 0.29) is 17.7 Å². The van der Waals surface area contributed by atoms with Gasteiger partial charge in [-0.25, -0.2) is 0 Å². The molecule has 0 unspecified atom stereocenters. The second-order valence-corrected chi connectivity index (χ2v) is 3.33. The predicted molar refractivity (Wildman–Crippen MR) is 56.3 cm³/mol. The number of hydrogen-bond donors (Lipinski definition) is 1. The van der Waals surface area contributed by atoms with Crippen LogP contribution >= 0.6 is 11.6 Å². The number of anilines is 1. The van der Waals surface area contributed by atoms with Crippen LogP contribution in [0, 0.1) is 11.3 Å². The molecule has 0 fully saturated rings. The molecular formula is C10H9ClN2O2. The summed E-state index contributed by atoms with van der Waals surface area (Å²) in [5.74, 6) is -0.423. The van der Waals surface area contributed by atoms with Gasteiger partial charge in [0.15, 0.2) is 0 Å². The minimum Gasteiger partial charge on any atom is -0.469 e. The van der Waals surface area contributed by atoms with Gasteiger partial charge in [0.05, 0.1) is 24.8 Å².